The highest BCUT2D eigenvalue weighted by Gasteiger charge is 2.25. The Hall–Kier alpha value is -1.89. The highest BCUT2D eigenvalue weighted by atomic mass is 35.5. The lowest BCUT2D eigenvalue weighted by Crippen LogP contribution is -2.38. The fraction of sp³-hybridized carbons (Fsp3) is 0.600. The van der Waals surface area contributed by atoms with Crippen molar-refractivity contribution in [2.45, 2.75) is 45.6 Å². The van der Waals surface area contributed by atoms with Gasteiger partial charge in [-0.05, 0) is 6.92 Å². The lowest BCUT2D eigenvalue weighted by molar-refractivity contribution is 0.160. The van der Waals surface area contributed by atoms with Gasteiger partial charge >= 0.3 is 6.01 Å². The van der Waals surface area contributed by atoms with E-state index in [1.54, 1.807) is 0 Å². The van der Waals surface area contributed by atoms with Gasteiger partial charge in [0, 0.05) is 37.4 Å². The third-order valence-electron chi connectivity index (χ3n) is 3.91. The van der Waals surface area contributed by atoms with Crippen LogP contribution in [0.1, 0.15) is 44.0 Å². The maximum absolute atomic E-state index is 6.00. The minimum Gasteiger partial charge on any atom is -0.474 e. The van der Waals surface area contributed by atoms with E-state index in [1.807, 2.05) is 20.8 Å². The van der Waals surface area contributed by atoms with Gasteiger partial charge in [0.25, 0.3) is 0 Å². The van der Waals surface area contributed by atoms with Gasteiger partial charge in [0.15, 0.2) is 5.82 Å². The molecule has 124 valence electrons. The first-order chi connectivity index (χ1) is 11.0. The summed E-state index contributed by atoms with van der Waals surface area (Å²) in [6.07, 6.45) is 3.25. The Balaban J connectivity index is 1.58. The maximum atomic E-state index is 6.00. The molecule has 2 aromatic heterocycles. The Bertz CT molecular complexity index is 668. The van der Waals surface area contributed by atoms with Crippen LogP contribution in [-0.4, -0.2) is 39.3 Å². The lowest BCUT2D eigenvalue weighted by atomic mass is 10.1. The normalized spacial score (nSPS) is 16.1. The maximum Gasteiger partial charge on any atom is 0.324 e. The first-order valence-corrected chi connectivity index (χ1v) is 8.14. The molecule has 3 heterocycles. The number of ether oxygens (including phenoxy) is 1. The fourth-order valence-corrected chi connectivity index (χ4v) is 2.57. The van der Waals surface area contributed by atoms with Crippen LogP contribution < -0.4 is 9.64 Å². The van der Waals surface area contributed by atoms with Crippen molar-refractivity contribution in [1.82, 2.24) is 20.1 Å². The van der Waals surface area contributed by atoms with Crippen LogP contribution in [0, 0.1) is 6.92 Å². The second kappa shape index (κ2) is 6.70. The minimum absolute atomic E-state index is 0.100. The van der Waals surface area contributed by atoms with E-state index in [4.69, 9.17) is 20.9 Å². The van der Waals surface area contributed by atoms with Crippen LogP contribution in [0.15, 0.2) is 10.9 Å². The van der Waals surface area contributed by atoms with Gasteiger partial charge in [-0.25, -0.2) is 9.97 Å². The number of piperidine rings is 1. The first-order valence-electron chi connectivity index (χ1n) is 7.77. The summed E-state index contributed by atoms with van der Waals surface area (Å²) < 4.78 is 11.3. The van der Waals surface area contributed by atoms with Gasteiger partial charge in [-0.15, -0.1) is 0 Å². The zero-order chi connectivity index (χ0) is 16.4. The summed E-state index contributed by atoms with van der Waals surface area (Å²) in [5.74, 6) is 1.56. The topological polar surface area (TPSA) is 77.2 Å². The molecule has 0 amide bonds. The van der Waals surface area contributed by atoms with Crippen molar-refractivity contribution in [2.24, 2.45) is 0 Å². The molecule has 1 saturated heterocycles. The van der Waals surface area contributed by atoms with E-state index < -0.39 is 0 Å². The Kier molecular flexibility index (Phi) is 4.66. The van der Waals surface area contributed by atoms with E-state index in [9.17, 15) is 0 Å². The monoisotopic (exact) mass is 337 g/mol. The van der Waals surface area contributed by atoms with Crippen molar-refractivity contribution in [3.05, 3.63) is 22.9 Å². The molecule has 0 N–H and O–H groups in total. The molecule has 2 aromatic rings. The number of hydrogen-bond donors (Lipinski definition) is 0. The number of nitrogens with zero attached hydrogens (tertiary/aromatic N) is 5. The molecule has 0 atom stereocenters. The lowest BCUT2D eigenvalue weighted by Gasteiger charge is -2.30. The van der Waals surface area contributed by atoms with Gasteiger partial charge in [-0.3, -0.25) is 0 Å². The Labute approximate surface area is 140 Å². The first kappa shape index (κ1) is 16.0. The fourth-order valence-electron chi connectivity index (χ4n) is 2.44. The molecule has 3 rings (SSSR count). The van der Waals surface area contributed by atoms with Crippen LogP contribution in [0.3, 0.4) is 0 Å². The van der Waals surface area contributed by atoms with Crippen LogP contribution in [-0.2, 0) is 0 Å². The number of halogens is 1. The summed E-state index contributed by atoms with van der Waals surface area (Å²) >= 11 is 6.00. The highest BCUT2D eigenvalue weighted by molar-refractivity contribution is 6.30. The Morgan fingerprint density at radius 1 is 1.30 bits per heavy atom. The summed E-state index contributed by atoms with van der Waals surface area (Å²) in [5.41, 5.74) is 0.773. The van der Waals surface area contributed by atoms with Crippen molar-refractivity contribution < 1.29 is 9.26 Å². The van der Waals surface area contributed by atoms with E-state index in [0.29, 0.717) is 17.0 Å². The summed E-state index contributed by atoms with van der Waals surface area (Å²) in [6.45, 7) is 7.57. The zero-order valence-corrected chi connectivity index (χ0v) is 14.2. The van der Waals surface area contributed by atoms with E-state index in [1.165, 1.54) is 6.33 Å². The summed E-state index contributed by atoms with van der Waals surface area (Å²) in [7, 11) is 0. The van der Waals surface area contributed by atoms with E-state index >= 15 is 0 Å². The molecule has 0 aromatic carbocycles. The van der Waals surface area contributed by atoms with Crippen molar-refractivity contribution in [1.29, 1.82) is 0 Å². The quantitative estimate of drug-likeness (QED) is 0.793. The number of aromatic nitrogens is 4. The molecule has 0 bridgehead atoms. The second-order valence-electron chi connectivity index (χ2n) is 5.99. The predicted molar refractivity (Wildman–Crippen MR) is 86.0 cm³/mol. The molecule has 0 unspecified atom stereocenters. The van der Waals surface area contributed by atoms with Crippen LogP contribution in [0.25, 0.3) is 0 Å². The van der Waals surface area contributed by atoms with Crippen molar-refractivity contribution in [3.63, 3.8) is 0 Å². The van der Waals surface area contributed by atoms with Crippen LogP contribution >= 0.6 is 11.6 Å². The molecule has 8 heteroatoms. The van der Waals surface area contributed by atoms with E-state index in [-0.39, 0.29) is 12.0 Å². The third-order valence-corrected chi connectivity index (χ3v) is 4.30. The zero-order valence-electron chi connectivity index (χ0n) is 13.5. The molecular weight excluding hydrogens is 318 g/mol. The molecule has 7 nitrogen and oxygen atoms in total. The average molecular weight is 338 g/mol. The van der Waals surface area contributed by atoms with Gasteiger partial charge in [0.2, 0.25) is 5.88 Å². The predicted octanol–water partition coefficient (Wildman–Crippen LogP) is 2.99. The van der Waals surface area contributed by atoms with Crippen LogP contribution in [0.2, 0.25) is 5.15 Å². The van der Waals surface area contributed by atoms with Gasteiger partial charge in [0.05, 0.1) is 0 Å². The molecule has 1 aliphatic rings. The number of anilines is 1. The summed E-state index contributed by atoms with van der Waals surface area (Å²) in [5, 5.41) is 4.44. The smallest absolute Gasteiger partial charge is 0.324 e. The van der Waals surface area contributed by atoms with Crippen molar-refractivity contribution >= 4 is 17.6 Å². The Morgan fingerprint density at radius 2 is 2.04 bits per heavy atom. The summed E-state index contributed by atoms with van der Waals surface area (Å²) in [4.78, 5) is 14.6. The van der Waals surface area contributed by atoms with Crippen LogP contribution in [0.5, 0.6) is 5.88 Å². The number of hydrogen-bond acceptors (Lipinski definition) is 7. The molecule has 0 aliphatic carbocycles. The second-order valence-corrected chi connectivity index (χ2v) is 6.35. The van der Waals surface area contributed by atoms with Gasteiger partial charge < -0.3 is 14.2 Å². The SMILES string of the molecule is Cc1c(Cl)ncnc1OC1CCN(c2nc(C(C)C)no2)CC1. The van der Waals surface area contributed by atoms with Gasteiger partial charge in [-0.1, -0.05) is 30.6 Å². The largest absolute Gasteiger partial charge is 0.474 e. The van der Waals surface area contributed by atoms with Crippen molar-refractivity contribution in [3.8, 4) is 5.88 Å². The van der Waals surface area contributed by atoms with Crippen molar-refractivity contribution in [2.75, 3.05) is 18.0 Å². The number of rotatable bonds is 4. The minimum atomic E-state index is 0.100. The Morgan fingerprint density at radius 3 is 2.70 bits per heavy atom. The standard InChI is InChI=1S/C15H20ClN5O2/c1-9(2)13-19-15(23-20-13)21-6-4-11(5-7-21)22-14-10(3)12(16)17-8-18-14/h8-9,11H,4-7H2,1-3H3. The average Bonchev–Trinajstić information content (AvgIpc) is 3.03. The van der Waals surface area contributed by atoms with Gasteiger partial charge in [0.1, 0.15) is 17.6 Å². The third kappa shape index (κ3) is 3.55. The molecule has 1 fully saturated rings. The van der Waals surface area contributed by atoms with E-state index in [2.05, 4.69) is 25.0 Å². The molecule has 0 radical (unpaired) electrons. The van der Waals surface area contributed by atoms with Crippen LogP contribution in [0.4, 0.5) is 6.01 Å². The molecular formula is C15H20ClN5O2. The van der Waals surface area contributed by atoms with E-state index in [0.717, 1.165) is 37.3 Å². The highest BCUT2D eigenvalue weighted by Crippen LogP contribution is 2.25. The molecule has 0 spiro atoms. The molecule has 1 aliphatic heterocycles. The molecule has 23 heavy (non-hydrogen) atoms. The molecule has 0 saturated carbocycles. The summed E-state index contributed by atoms with van der Waals surface area (Å²) in [6, 6.07) is 0.591. The van der Waals surface area contributed by atoms with Gasteiger partial charge in [-0.2, -0.15) is 4.98 Å².